The second-order valence-electron chi connectivity index (χ2n) is 7.52. The van der Waals surface area contributed by atoms with E-state index in [0.29, 0.717) is 0 Å². The van der Waals surface area contributed by atoms with Crippen LogP contribution in [0.5, 0.6) is 0 Å². The van der Waals surface area contributed by atoms with Gasteiger partial charge in [-0.1, -0.05) is 12.1 Å². The van der Waals surface area contributed by atoms with Gasteiger partial charge in [-0.3, -0.25) is 4.79 Å². The molecule has 2 aliphatic rings. The van der Waals surface area contributed by atoms with E-state index in [0.717, 1.165) is 64.1 Å². The molecule has 28 heavy (non-hydrogen) atoms. The zero-order valence-electron chi connectivity index (χ0n) is 16.7. The summed E-state index contributed by atoms with van der Waals surface area (Å²) in [6.45, 7) is 10.7. The highest BCUT2D eigenvalue weighted by Crippen LogP contribution is 2.21. The van der Waals surface area contributed by atoms with Gasteiger partial charge in [0.15, 0.2) is 0 Å². The van der Waals surface area contributed by atoms with Crippen molar-refractivity contribution in [3.63, 3.8) is 0 Å². The molecule has 0 N–H and O–H groups in total. The molecule has 0 saturated carbocycles. The molecule has 3 heterocycles. The summed E-state index contributed by atoms with van der Waals surface area (Å²) in [6, 6.07) is 10.6. The number of aromatic nitrogens is 2. The maximum absolute atomic E-state index is 11.5. The van der Waals surface area contributed by atoms with Gasteiger partial charge in [0.05, 0.1) is 0 Å². The molecule has 148 valence electrons. The Bertz CT molecular complexity index is 825. The van der Waals surface area contributed by atoms with E-state index >= 15 is 0 Å². The first-order chi connectivity index (χ1) is 13.6. The molecule has 0 aliphatic carbocycles. The predicted molar refractivity (Wildman–Crippen MR) is 112 cm³/mol. The van der Waals surface area contributed by atoms with E-state index in [1.807, 2.05) is 17.2 Å². The van der Waals surface area contributed by atoms with Crippen LogP contribution in [0.3, 0.4) is 0 Å². The van der Waals surface area contributed by atoms with Crippen molar-refractivity contribution in [1.82, 2.24) is 14.9 Å². The molecule has 0 radical (unpaired) electrons. The summed E-state index contributed by atoms with van der Waals surface area (Å²) in [4.78, 5) is 29.7. The Kier molecular flexibility index (Phi) is 5.32. The first-order valence-corrected chi connectivity index (χ1v) is 10.0. The number of aryl methyl sites for hydroxylation is 1. The average molecular weight is 380 g/mol. The molecular formula is C21H28N6O. The number of benzene rings is 1. The van der Waals surface area contributed by atoms with Crippen molar-refractivity contribution >= 4 is 23.4 Å². The topological polar surface area (TPSA) is 55.8 Å². The van der Waals surface area contributed by atoms with Crippen molar-refractivity contribution < 1.29 is 4.79 Å². The summed E-state index contributed by atoms with van der Waals surface area (Å²) >= 11 is 0. The highest BCUT2D eigenvalue weighted by Gasteiger charge is 2.22. The van der Waals surface area contributed by atoms with Crippen molar-refractivity contribution in [3.8, 4) is 0 Å². The van der Waals surface area contributed by atoms with Crippen LogP contribution in [-0.2, 0) is 4.79 Å². The van der Waals surface area contributed by atoms with E-state index in [-0.39, 0.29) is 5.91 Å². The first-order valence-electron chi connectivity index (χ1n) is 10.0. The van der Waals surface area contributed by atoms with Crippen LogP contribution in [0.2, 0.25) is 0 Å². The average Bonchev–Trinajstić information content (AvgIpc) is 2.74. The Morgan fingerprint density at radius 3 is 2.25 bits per heavy atom. The number of amides is 1. The molecule has 1 aromatic heterocycles. The Morgan fingerprint density at radius 2 is 1.57 bits per heavy atom. The van der Waals surface area contributed by atoms with E-state index in [4.69, 9.17) is 4.98 Å². The molecule has 2 aliphatic heterocycles. The second kappa shape index (κ2) is 8.04. The van der Waals surface area contributed by atoms with Crippen LogP contribution >= 0.6 is 0 Å². The zero-order chi connectivity index (χ0) is 19.5. The largest absolute Gasteiger partial charge is 0.368 e. The van der Waals surface area contributed by atoms with Gasteiger partial charge in [-0.15, -0.1) is 0 Å². The Labute approximate surface area is 166 Å². The van der Waals surface area contributed by atoms with Crippen molar-refractivity contribution in [1.29, 1.82) is 0 Å². The number of carbonyl (C=O) groups excluding carboxylic acids is 1. The Morgan fingerprint density at radius 1 is 0.893 bits per heavy atom. The molecule has 1 amide bonds. The van der Waals surface area contributed by atoms with Crippen molar-refractivity contribution in [3.05, 3.63) is 42.1 Å². The second-order valence-corrected chi connectivity index (χ2v) is 7.52. The molecule has 0 unspecified atom stereocenters. The third-order valence-corrected chi connectivity index (χ3v) is 5.61. The number of carbonyl (C=O) groups is 1. The summed E-state index contributed by atoms with van der Waals surface area (Å²) in [5, 5.41) is 0. The minimum atomic E-state index is 0.148. The molecule has 0 spiro atoms. The fraction of sp³-hybridized carbons (Fsp3) is 0.476. The van der Waals surface area contributed by atoms with Gasteiger partial charge >= 0.3 is 0 Å². The maximum Gasteiger partial charge on any atom is 0.227 e. The highest BCUT2D eigenvalue weighted by molar-refractivity contribution is 5.73. The number of nitrogens with zero attached hydrogens (tertiary/aromatic N) is 6. The molecule has 7 heteroatoms. The highest BCUT2D eigenvalue weighted by atomic mass is 16.2. The van der Waals surface area contributed by atoms with Crippen molar-refractivity contribution in [2.24, 2.45) is 0 Å². The molecule has 2 fully saturated rings. The van der Waals surface area contributed by atoms with Gasteiger partial charge < -0.3 is 19.6 Å². The normalized spacial score (nSPS) is 17.8. The van der Waals surface area contributed by atoms with Gasteiger partial charge in [-0.25, -0.2) is 4.98 Å². The predicted octanol–water partition coefficient (Wildman–Crippen LogP) is 1.78. The number of piperazine rings is 2. The lowest BCUT2D eigenvalue weighted by molar-refractivity contribution is -0.129. The lowest BCUT2D eigenvalue weighted by Gasteiger charge is -2.37. The number of hydrogen-bond donors (Lipinski definition) is 0. The van der Waals surface area contributed by atoms with Gasteiger partial charge in [0.1, 0.15) is 5.82 Å². The van der Waals surface area contributed by atoms with Gasteiger partial charge in [0, 0.05) is 71.2 Å². The third-order valence-electron chi connectivity index (χ3n) is 5.61. The fourth-order valence-electron chi connectivity index (χ4n) is 3.91. The van der Waals surface area contributed by atoms with Gasteiger partial charge in [0.25, 0.3) is 0 Å². The van der Waals surface area contributed by atoms with Crippen LogP contribution in [0, 0.1) is 6.92 Å². The van der Waals surface area contributed by atoms with Crippen LogP contribution in [0.1, 0.15) is 12.5 Å². The summed E-state index contributed by atoms with van der Waals surface area (Å²) < 4.78 is 0. The minimum absolute atomic E-state index is 0.148. The van der Waals surface area contributed by atoms with Crippen molar-refractivity contribution in [2.45, 2.75) is 13.8 Å². The number of anilines is 3. The maximum atomic E-state index is 11.5. The summed E-state index contributed by atoms with van der Waals surface area (Å²) in [5.74, 6) is 1.90. The van der Waals surface area contributed by atoms with Gasteiger partial charge in [-0.05, 0) is 30.7 Å². The molecule has 1 aromatic carbocycles. The standard InChI is InChI=1S/C21H28N6O/c1-17-4-3-5-19(16-17)25-10-14-27(15-11-25)21-22-7-6-20(23-21)26-12-8-24(9-13-26)18(2)28/h3-7,16H,8-15H2,1-2H3. The minimum Gasteiger partial charge on any atom is -0.368 e. The van der Waals surface area contributed by atoms with Crippen LogP contribution < -0.4 is 14.7 Å². The lowest BCUT2D eigenvalue weighted by Crippen LogP contribution is -2.49. The molecule has 0 atom stereocenters. The van der Waals surface area contributed by atoms with E-state index in [9.17, 15) is 4.79 Å². The molecule has 0 bridgehead atoms. The van der Waals surface area contributed by atoms with E-state index < -0.39 is 0 Å². The molecule has 4 rings (SSSR count). The van der Waals surface area contributed by atoms with E-state index in [1.165, 1.54) is 11.3 Å². The van der Waals surface area contributed by atoms with Crippen LogP contribution in [0.25, 0.3) is 0 Å². The third kappa shape index (κ3) is 4.03. The zero-order valence-corrected chi connectivity index (χ0v) is 16.7. The van der Waals surface area contributed by atoms with E-state index in [1.54, 1.807) is 6.92 Å². The van der Waals surface area contributed by atoms with Crippen LogP contribution in [-0.4, -0.2) is 73.1 Å². The Balaban J connectivity index is 1.38. The fourth-order valence-corrected chi connectivity index (χ4v) is 3.91. The van der Waals surface area contributed by atoms with Crippen LogP contribution in [0.4, 0.5) is 17.5 Å². The smallest absolute Gasteiger partial charge is 0.227 e. The number of hydrogen-bond acceptors (Lipinski definition) is 6. The Hall–Kier alpha value is -2.83. The van der Waals surface area contributed by atoms with Crippen molar-refractivity contribution in [2.75, 3.05) is 67.1 Å². The molecule has 2 aromatic rings. The molecular weight excluding hydrogens is 352 g/mol. The van der Waals surface area contributed by atoms with E-state index in [2.05, 4.69) is 50.9 Å². The summed E-state index contributed by atoms with van der Waals surface area (Å²) in [7, 11) is 0. The first kappa shape index (κ1) is 18.5. The van der Waals surface area contributed by atoms with Crippen LogP contribution in [0.15, 0.2) is 36.5 Å². The molecule has 2 saturated heterocycles. The summed E-state index contributed by atoms with van der Waals surface area (Å²) in [6.07, 6.45) is 1.85. The number of rotatable bonds is 3. The lowest BCUT2D eigenvalue weighted by atomic mass is 10.2. The SMILES string of the molecule is CC(=O)N1CCN(c2ccnc(N3CCN(c4cccc(C)c4)CC3)n2)CC1. The quantitative estimate of drug-likeness (QED) is 0.809. The molecule has 7 nitrogen and oxygen atoms in total. The summed E-state index contributed by atoms with van der Waals surface area (Å²) in [5.41, 5.74) is 2.58. The monoisotopic (exact) mass is 380 g/mol. The van der Waals surface area contributed by atoms with Gasteiger partial charge in [-0.2, -0.15) is 4.98 Å². The van der Waals surface area contributed by atoms with Gasteiger partial charge in [0.2, 0.25) is 11.9 Å².